The molecule has 0 bridgehead atoms. The summed E-state index contributed by atoms with van der Waals surface area (Å²) >= 11 is 0. The molecule has 128 valence electrons. The smallest absolute Gasteiger partial charge is 0.00247 e. The lowest BCUT2D eigenvalue weighted by Crippen LogP contribution is -2.01. The normalized spacial score (nSPS) is 22.9. The highest BCUT2D eigenvalue weighted by atomic mass is 14.3. The van der Waals surface area contributed by atoms with Crippen LogP contribution in [-0.2, 0) is 6.42 Å². The number of rotatable bonds is 2. The Labute approximate surface area is 152 Å². The zero-order valence-electron chi connectivity index (χ0n) is 15.6. The van der Waals surface area contributed by atoms with Gasteiger partial charge in [0.25, 0.3) is 0 Å². The van der Waals surface area contributed by atoms with Crippen LogP contribution in [0.3, 0.4) is 0 Å². The SMILES string of the molecule is C=C1CC(CC)Cc2ccc3c4c(ccc1c24)C(=C)C(CC)CC3=C. The predicted molar refractivity (Wildman–Crippen MR) is 112 cm³/mol. The second-order valence-corrected chi connectivity index (χ2v) is 7.91. The monoisotopic (exact) mass is 328 g/mol. The average molecular weight is 328 g/mol. The number of hydrogen-bond donors (Lipinski definition) is 0. The minimum Gasteiger partial charge on any atom is -0.0952 e. The van der Waals surface area contributed by atoms with Crippen LogP contribution in [0.1, 0.15) is 61.8 Å². The summed E-state index contributed by atoms with van der Waals surface area (Å²) in [5.41, 5.74) is 9.34. The van der Waals surface area contributed by atoms with Crippen LogP contribution >= 0.6 is 0 Å². The zero-order valence-corrected chi connectivity index (χ0v) is 15.6. The average Bonchev–Trinajstić information content (AvgIpc) is 2.82. The Kier molecular flexibility index (Phi) is 3.95. The van der Waals surface area contributed by atoms with Crippen molar-refractivity contribution in [3.8, 4) is 0 Å². The van der Waals surface area contributed by atoms with Gasteiger partial charge in [0.1, 0.15) is 0 Å². The fourth-order valence-corrected chi connectivity index (χ4v) is 4.87. The van der Waals surface area contributed by atoms with Gasteiger partial charge < -0.3 is 0 Å². The summed E-state index contributed by atoms with van der Waals surface area (Å²) in [6.45, 7) is 18.0. The summed E-state index contributed by atoms with van der Waals surface area (Å²) in [5, 5.41) is 2.81. The van der Waals surface area contributed by atoms with Crippen LogP contribution in [0, 0.1) is 11.8 Å². The van der Waals surface area contributed by atoms with E-state index in [-0.39, 0.29) is 0 Å². The zero-order chi connectivity index (χ0) is 17.7. The van der Waals surface area contributed by atoms with Gasteiger partial charge in [-0.2, -0.15) is 0 Å². The summed E-state index contributed by atoms with van der Waals surface area (Å²) in [5.74, 6) is 1.19. The molecule has 0 amide bonds. The highest BCUT2D eigenvalue weighted by Gasteiger charge is 2.27. The molecular formula is C25H28. The Morgan fingerprint density at radius 1 is 0.760 bits per heavy atom. The van der Waals surface area contributed by atoms with Gasteiger partial charge in [0, 0.05) is 0 Å². The third-order valence-corrected chi connectivity index (χ3v) is 6.45. The van der Waals surface area contributed by atoms with Crippen LogP contribution in [0.2, 0.25) is 0 Å². The van der Waals surface area contributed by atoms with Crippen LogP contribution in [0.4, 0.5) is 0 Å². The Morgan fingerprint density at radius 3 is 2.12 bits per heavy atom. The van der Waals surface area contributed by atoms with E-state index in [1.54, 1.807) is 0 Å². The number of benzene rings is 2. The molecule has 0 saturated heterocycles. The largest absolute Gasteiger partial charge is 0.0952 e. The van der Waals surface area contributed by atoms with Crippen LogP contribution in [0.5, 0.6) is 0 Å². The molecule has 4 rings (SSSR count). The van der Waals surface area contributed by atoms with Crippen molar-refractivity contribution in [2.75, 3.05) is 0 Å². The predicted octanol–water partition coefficient (Wildman–Crippen LogP) is 7.28. The van der Waals surface area contributed by atoms with Gasteiger partial charge in [0.05, 0.1) is 0 Å². The lowest BCUT2D eigenvalue weighted by Gasteiger charge is -2.18. The van der Waals surface area contributed by atoms with Gasteiger partial charge in [0.15, 0.2) is 0 Å². The first-order valence-electron chi connectivity index (χ1n) is 9.69. The first-order chi connectivity index (χ1) is 12.0. The van der Waals surface area contributed by atoms with Gasteiger partial charge >= 0.3 is 0 Å². The van der Waals surface area contributed by atoms with E-state index in [0.29, 0.717) is 11.8 Å². The van der Waals surface area contributed by atoms with Gasteiger partial charge in [-0.1, -0.05) is 64.3 Å². The first kappa shape index (κ1) is 16.4. The second kappa shape index (κ2) is 6.02. The van der Waals surface area contributed by atoms with Crippen molar-refractivity contribution >= 4 is 27.5 Å². The molecule has 0 heterocycles. The minimum atomic E-state index is 0.495. The fourth-order valence-electron chi connectivity index (χ4n) is 4.87. The Morgan fingerprint density at radius 2 is 1.40 bits per heavy atom. The molecule has 0 fully saturated rings. The Bertz CT molecular complexity index is 909. The molecule has 0 aromatic heterocycles. The van der Waals surface area contributed by atoms with Crippen molar-refractivity contribution in [1.29, 1.82) is 0 Å². The van der Waals surface area contributed by atoms with Crippen molar-refractivity contribution in [3.05, 3.63) is 66.3 Å². The molecule has 0 aliphatic heterocycles. The lowest BCUT2D eigenvalue weighted by atomic mass is 9.86. The quantitative estimate of drug-likeness (QED) is 0.543. The van der Waals surface area contributed by atoms with E-state index in [2.05, 4.69) is 57.8 Å². The maximum atomic E-state index is 4.50. The molecular weight excluding hydrogens is 300 g/mol. The molecule has 2 aliphatic carbocycles. The van der Waals surface area contributed by atoms with Crippen LogP contribution in [-0.4, -0.2) is 0 Å². The van der Waals surface area contributed by atoms with E-state index in [1.165, 1.54) is 56.2 Å². The van der Waals surface area contributed by atoms with Gasteiger partial charge in [-0.25, -0.2) is 0 Å². The van der Waals surface area contributed by atoms with Crippen molar-refractivity contribution in [1.82, 2.24) is 0 Å². The lowest BCUT2D eigenvalue weighted by molar-refractivity contribution is 0.525. The molecule has 2 unspecified atom stereocenters. The Hall–Kier alpha value is -2.08. The molecule has 2 aliphatic rings. The van der Waals surface area contributed by atoms with Crippen LogP contribution in [0.25, 0.3) is 27.5 Å². The summed E-state index contributed by atoms with van der Waals surface area (Å²) in [6.07, 6.45) is 5.60. The van der Waals surface area contributed by atoms with Gasteiger partial charge in [-0.15, -0.1) is 0 Å². The number of hydrogen-bond acceptors (Lipinski definition) is 0. The van der Waals surface area contributed by atoms with Gasteiger partial charge in [0.2, 0.25) is 0 Å². The molecule has 0 nitrogen and oxygen atoms in total. The maximum absolute atomic E-state index is 4.50. The summed E-state index contributed by atoms with van der Waals surface area (Å²) < 4.78 is 0. The maximum Gasteiger partial charge on any atom is -0.00247 e. The third-order valence-electron chi connectivity index (χ3n) is 6.45. The molecule has 0 heteroatoms. The van der Waals surface area contributed by atoms with E-state index < -0.39 is 0 Å². The molecule has 0 saturated carbocycles. The van der Waals surface area contributed by atoms with Crippen LogP contribution < -0.4 is 0 Å². The molecule has 25 heavy (non-hydrogen) atoms. The third kappa shape index (κ3) is 2.42. The van der Waals surface area contributed by atoms with E-state index in [0.717, 1.165) is 25.7 Å². The standard InChI is InChI=1S/C25H28/c1-6-18-12-15(3)21-10-11-23-17(5)19(7-2)13-16(4)22-9-8-20(14-18)24(21)25(22)23/h8-11,18-19H,3-7,12-14H2,1-2H3. The first-order valence-corrected chi connectivity index (χ1v) is 9.69. The van der Waals surface area contributed by atoms with E-state index in [9.17, 15) is 0 Å². The van der Waals surface area contributed by atoms with E-state index in [4.69, 9.17) is 0 Å². The topological polar surface area (TPSA) is 0 Å². The summed E-state index contributed by atoms with van der Waals surface area (Å²) in [7, 11) is 0. The fraction of sp³-hybridized carbons (Fsp3) is 0.360. The number of allylic oxidation sites excluding steroid dienone is 3. The van der Waals surface area contributed by atoms with Crippen molar-refractivity contribution in [2.24, 2.45) is 11.8 Å². The molecule has 0 spiro atoms. The van der Waals surface area contributed by atoms with Crippen molar-refractivity contribution in [2.45, 2.75) is 46.0 Å². The Balaban J connectivity index is 2.09. The highest BCUT2D eigenvalue weighted by Crippen LogP contribution is 2.47. The molecule has 0 N–H and O–H groups in total. The summed E-state index contributed by atoms with van der Waals surface area (Å²) in [4.78, 5) is 0. The highest BCUT2D eigenvalue weighted by molar-refractivity contribution is 6.08. The van der Waals surface area contributed by atoms with Gasteiger partial charge in [-0.3, -0.25) is 0 Å². The molecule has 2 atom stereocenters. The molecule has 2 aromatic rings. The van der Waals surface area contributed by atoms with Gasteiger partial charge in [-0.05, 0) is 87.3 Å². The van der Waals surface area contributed by atoms with Crippen LogP contribution in [0.15, 0.2) is 44.0 Å². The molecule has 2 aromatic carbocycles. The molecule has 0 radical (unpaired) electrons. The van der Waals surface area contributed by atoms with Crippen molar-refractivity contribution in [3.63, 3.8) is 0 Å². The van der Waals surface area contributed by atoms with E-state index >= 15 is 0 Å². The van der Waals surface area contributed by atoms with Crippen molar-refractivity contribution < 1.29 is 0 Å². The minimum absolute atomic E-state index is 0.495. The summed E-state index contributed by atoms with van der Waals surface area (Å²) in [6, 6.07) is 9.27. The van der Waals surface area contributed by atoms with E-state index in [1.807, 2.05) is 0 Å². The second-order valence-electron chi connectivity index (χ2n) is 7.91.